The average Bonchev–Trinajstić information content (AvgIpc) is 3.05. The Morgan fingerprint density at radius 3 is 2.82 bits per heavy atom. The number of hydrogen-bond acceptors (Lipinski definition) is 4. The topological polar surface area (TPSA) is 35.9 Å². The van der Waals surface area contributed by atoms with E-state index in [0.717, 1.165) is 24.3 Å². The van der Waals surface area contributed by atoms with Gasteiger partial charge >= 0.3 is 0 Å². The zero-order valence-electron chi connectivity index (χ0n) is 13.2. The number of anilines is 1. The number of hydrogen-bond donors (Lipinski definition) is 1. The predicted molar refractivity (Wildman–Crippen MR) is 84.5 cm³/mol. The lowest BCUT2D eigenvalue weighted by molar-refractivity contribution is -0.0807. The first-order chi connectivity index (χ1) is 10.7. The van der Waals surface area contributed by atoms with Crippen LogP contribution in [0.3, 0.4) is 0 Å². The number of aliphatic hydroxyl groups is 1. The number of benzene rings is 1. The molecule has 0 radical (unpaired) electrons. The summed E-state index contributed by atoms with van der Waals surface area (Å²) in [5.41, 5.74) is 1.80. The minimum atomic E-state index is -0.168. The van der Waals surface area contributed by atoms with Crippen LogP contribution in [0.1, 0.15) is 25.3 Å². The van der Waals surface area contributed by atoms with Gasteiger partial charge in [0.15, 0.2) is 0 Å². The van der Waals surface area contributed by atoms with Gasteiger partial charge in [-0.3, -0.25) is 4.90 Å². The Morgan fingerprint density at radius 1 is 1.32 bits per heavy atom. The van der Waals surface area contributed by atoms with Crippen LogP contribution in [-0.2, 0) is 11.3 Å². The Bertz CT molecular complexity index is 505. The van der Waals surface area contributed by atoms with Gasteiger partial charge in [0.05, 0.1) is 19.3 Å². The molecule has 3 rings (SSSR count). The molecule has 1 aromatic rings. The first-order valence-corrected chi connectivity index (χ1v) is 8.18. The number of aliphatic hydroxyl groups excluding tert-OH is 1. The van der Waals surface area contributed by atoms with E-state index in [1.54, 1.807) is 12.1 Å². The van der Waals surface area contributed by atoms with Gasteiger partial charge in [-0.25, -0.2) is 4.39 Å². The lowest BCUT2D eigenvalue weighted by Crippen LogP contribution is -2.49. The lowest BCUT2D eigenvalue weighted by Gasteiger charge is -2.38. The molecular formula is C17H25FN2O2. The van der Waals surface area contributed by atoms with Crippen molar-refractivity contribution in [1.29, 1.82) is 0 Å². The lowest BCUT2D eigenvalue weighted by atomic mass is 10.1. The van der Waals surface area contributed by atoms with E-state index in [4.69, 9.17) is 4.74 Å². The Morgan fingerprint density at radius 2 is 2.09 bits per heavy atom. The number of ether oxygens (including phenoxy) is 1. The first kappa shape index (κ1) is 15.7. The van der Waals surface area contributed by atoms with Gasteiger partial charge in [0.25, 0.3) is 0 Å². The monoisotopic (exact) mass is 308 g/mol. The van der Waals surface area contributed by atoms with Crippen molar-refractivity contribution in [3.63, 3.8) is 0 Å². The van der Waals surface area contributed by atoms with Crippen molar-refractivity contribution in [3.8, 4) is 0 Å². The van der Waals surface area contributed by atoms with E-state index in [-0.39, 0.29) is 24.6 Å². The molecule has 0 bridgehead atoms. The predicted octanol–water partition coefficient (Wildman–Crippen LogP) is 2.01. The summed E-state index contributed by atoms with van der Waals surface area (Å²) >= 11 is 0. The Kier molecular flexibility index (Phi) is 4.96. The fraction of sp³-hybridized carbons (Fsp3) is 0.647. The molecule has 2 fully saturated rings. The maximum Gasteiger partial charge on any atom is 0.129 e. The third-order valence-electron chi connectivity index (χ3n) is 4.74. The molecule has 5 heteroatoms. The Hall–Kier alpha value is -1.17. The summed E-state index contributed by atoms with van der Waals surface area (Å²) in [4.78, 5) is 4.50. The van der Waals surface area contributed by atoms with Gasteiger partial charge in [-0.2, -0.15) is 0 Å². The molecule has 2 aliphatic heterocycles. The van der Waals surface area contributed by atoms with E-state index >= 15 is 0 Å². The maximum absolute atomic E-state index is 14.4. The van der Waals surface area contributed by atoms with Gasteiger partial charge in [-0.1, -0.05) is 6.07 Å². The summed E-state index contributed by atoms with van der Waals surface area (Å²) in [6, 6.07) is 5.60. The molecular weight excluding hydrogens is 283 g/mol. The van der Waals surface area contributed by atoms with Crippen LogP contribution in [0.15, 0.2) is 18.2 Å². The van der Waals surface area contributed by atoms with Crippen LogP contribution >= 0.6 is 0 Å². The number of nitrogens with zero attached hydrogens (tertiary/aromatic N) is 2. The Labute approximate surface area is 131 Å². The highest BCUT2D eigenvalue weighted by Gasteiger charge is 2.28. The van der Waals surface area contributed by atoms with Gasteiger partial charge in [0.2, 0.25) is 0 Å². The van der Waals surface area contributed by atoms with Crippen molar-refractivity contribution in [3.05, 3.63) is 29.6 Å². The van der Waals surface area contributed by atoms with E-state index in [2.05, 4.69) is 16.7 Å². The molecule has 2 atom stereocenters. The minimum absolute atomic E-state index is 0.0134. The molecule has 0 aromatic heterocycles. The molecule has 0 spiro atoms. The second-order valence-electron chi connectivity index (χ2n) is 6.35. The van der Waals surface area contributed by atoms with Gasteiger partial charge < -0.3 is 14.7 Å². The minimum Gasteiger partial charge on any atom is -0.394 e. The van der Waals surface area contributed by atoms with Gasteiger partial charge in [0.1, 0.15) is 5.82 Å². The molecule has 122 valence electrons. The summed E-state index contributed by atoms with van der Waals surface area (Å²) in [5, 5.41) is 9.31. The molecule has 0 saturated carbocycles. The van der Waals surface area contributed by atoms with Crippen molar-refractivity contribution >= 4 is 5.69 Å². The molecule has 2 heterocycles. The quantitative estimate of drug-likeness (QED) is 0.923. The summed E-state index contributed by atoms with van der Waals surface area (Å²) in [5.74, 6) is -0.136. The molecule has 4 nitrogen and oxygen atoms in total. The van der Waals surface area contributed by atoms with Crippen LogP contribution in [0.5, 0.6) is 0 Å². The van der Waals surface area contributed by atoms with Crippen molar-refractivity contribution in [2.24, 2.45) is 0 Å². The summed E-state index contributed by atoms with van der Waals surface area (Å²) in [6.45, 7) is 5.91. The summed E-state index contributed by atoms with van der Waals surface area (Å²) in [6.07, 6.45) is 2.19. The number of morpholine rings is 1. The van der Waals surface area contributed by atoms with E-state index in [1.165, 1.54) is 12.8 Å². The molecule has 0 aliphatic carbocycles. The van der Waals surface area contributed by atoms with Gasteiger partial charge in [-0.15, -0.1) is 0 Å². The molecule has 2 aliphatic rings. The number of halogens is 1. The SMILES string of the molecule is CC1COC(CO)CN1Cc1c(F)cccc1N1CCCC1. The third-order valence-corrected chi connectivity index (χ3v) is 4.74. The highest BCUT2D eigenvalue weighted by Crippen LogP contribution is 2.29. The molecule has 0 amide bonds. The van der Waals surface area contributed by atoms with E-state index in [9.17, 15) is 9.50 Å². The van der Waals surface area contributed by atoms with Gasteiger partial charge in [0, 0.05) is 43.5 Å². The van der Waals surface area contributed by atoms with Gasteiger partial charge in [-0.05, 0) is 31.9 Å². The zero-order valence-corrected chi connectivity index (χ0v) is 13.2. The fourth-order valence-electron chi connectivity index (χ4n) is 3.37. The molecule has 22 heavy (non-hydrogen) atoms. The van der Waals surface area contributed by atoms with Crippen LogP contribution in [0.25, 0.3) is 0 Å². The average molecular weight is 308 g/mol. The second-order valence-corrected chi connectivity index (χ2v) is 6.35. The van der Waals surface area contributed by atoms with E-state index in [1.807, 2.05) is 6.07 Å². The molecule has 1 aromatic carbocycles. The molecule has 2 saturated heterocycles. The zero-order chi connectivity index (χ0) is 15.5. The van der Waals surface area contributed by atoms with E-state index in [0.29, 0.717) is 19.7 Å². The van der Waals surface area contributed by atoms with E-state index < -0.39 is 0 Å². The van der Waals surface area contributed by atoms with Crippen molar-refractivity contribution in [2.75, 3.05) is 37.7 Å². The second kappa shape index (κ2) is 6.94. The number of rotatable bonds is 4. The summed E-state index contributed by atoms with van der Waals surface area (Å²) < 4.78 is 20.0. The summed E-state index contributed by atoms with van der Waals surface area (Å²) in [7, 11) is 0. The van der Waals surface area contributed by atoms with Crippen LogP contribution in [0, 0.1) is 5.82 Å². The van der Waals surface area contributed by atoms with Crippen molar-refractivity contribution < 1.29 is 14.2 Å². The smallest absolute Gasteiger partial charge is 0.129 e. The first-order valence-electron chi connectivity index (χ1n) is 8.18. The normalized spacial score (nSPS) is 26.6. The van der Waals surface area contributed by atoms with Crippen LogP contribution in [0.2, 0.25) is 0 Å². The van der Waals surface area contributed by atoms with Crippen molar-refractivity contribution in [2.45, 2.75) is 38.5 Å². The maximum atomic E-state index is 14.4. The van der Waals surface area contributed by atoms with Crippen molar-refractivity contribution in [1.82, 2.24) is 4.90 Å². The highest BCUT2D eigenvalue weighted by molar-refractivity contribution is 5.54. The standard InChI is InChI=1S/C17H25FN2O2/c1-13-12-22-14(11-21)9-20(13)10-15-16(18)5-4-6-17(15)19-7-2-3-8-19/h4-6,13-14,21H,2-3,7-12H2,1H3. The molecule has 2 unspecified atom stereocenters. The largest absolute Gasteiger partial charge is 0.394 e. The Balaban J connectivity index is 1.81. The third kappa shape index (κ3) is 3.26. The van der Waals surface area contributed by atoms with Crippen LogP contribution in [0.4, 0.5) is 10.1 Å². The fourth-order valence-corrected chi connectivity index (χ4v) is 3.37. The van der Waals surface area contributed by atoms with Crippen LogP contribution < -0.4 is 4.90 Å². The highest BCUT2D eigenvalue weighted by atomic mass is 19.1. The molecule has 1 N–H and O–H groups in total. The van der Waals surface area contributed by atoms with Crippen LogP contribution in [-0.4, -0.2) is 55.0 Å².